The molecule has 0 aliphatic heterocycles. The van der Waals surface area contributed by atoms with E-state index in [-0.39, 0.29) is 6.04 Å². The average Bonchev–Trinajstić information content (AvgIpc) is 2.63. The molecular formula is C14H26BrN3. The number of aromatic nitrogens is 2. The van der Waals surface area contributed by atoms with Gasteiger partial charge in [0.2, 0.25) is 0 Å². The van der Waals surface area contributed by atoms with Crippen molar-refractivity contribution in [1.82, 2.24) is 9.78 Å². The maximum Gasteiger partial charge on any atom is 0.0738 e. The van der Waals surface area contributed by atoms with Gasteiger partial charge in [-0.3, -0.25) is 4.68 Å². The van der Waals surface area contributed by atoms with Gasteiger partial charge < -0.3 is 5.73 Å². The van der Waals surface area contributed by atoms with Crippen molar-refractivity contribution >= 4 is 15.9 Å². The van der Waals surface area contributed by atoms with Crippen LogP contribution in [0.3, 0.4) is 0 Å². The van der Waals surface area contributed by atoms with Crippen molar-refractivity contribution in [3.63, 3.8) is 0 Å². The second-order valence-electron chi connectivity index (χ2n) is 5.15. The lowest BCUT2D eigenvalue weighted by Crippen LogP contribution is -2.31. The molecule has 0 radical (unpaired) electrons. The van der Waals surface area contributed by atoms with Crippen LogP contribution in [0.15, 0.2) is 4.47 Å². The number of aryl methyl sites for hydroxylation is 2. The van der Waals surface area contributed by atoms with Gasteiger partial charge in [0.05, 0.1) is 15.9 Å². The molecule has 1 heterocycles. The van der Waals surface area contributed by atoms with Gasteiger partial charge >= 0.3 is 0 Å². The van der Waals surface area contributed by atoms with E-state index in [1.54, 1.807) is 0 Å². The summed E-state index contributed by atoms with van der Waals surface area (Å²) >= 11 is 3.63. The Morgan fingerprint density at radius 2 is 2.06 bits per heavy atom. The van der Waals surface area contributed by atoms with E-state index in [1.807, 2.05) is 6.92 Å². The number of hydrogen-bond donors (Lipinski definition) is 1. The first-order chi connectivity index (χ1) is 8.51. The second-order valence-corrected chi connectivity index (χ2v) is 5.94. The molecule has 2 atom stereocenters. The summed E-state index contributed by atoms with van der Waals surface area (Å²) in [6, 6.07) is 0.217. The first-order valence-electron chi connectivity index (χ1n) is 6.98. The maximum absolute atomic E-state index is 6.33. The highest BCUT2D eigenvalue weighted by Crippen LogP contribution is 2.24. The number of nitrogens with two attached hydrogens (primary N) is 1. The molecule has 1 aromatic rings. The molecule has 2 N–H and O–H groups in total. The van der Waals surface area contributed by atoms with Crippen molar-refractivity contribution in [1.29, 1.82) is 0 Å². The molecule has 18 heavy (non-hydrogen) atoms. The minimum Gasteiger partial charge on any atom is -0.327 e. The Hall–Kier alpha value is -0.350. The van der Waals surface area contributed by atoms with Gasteiger partial charge in [-0.2, -0.15) is 5.10 Å². The molecule has 0 fully saturated rings. The summed E-state index contributed by atoms with van der Waals surface area (Å²) < 4.78 is 3.19. The molecule has 3 nitrogen and oxygen atoms in total. The van der Waals surface area contributed by atoms with Crippen LogP contribution in [-0.4, -0.2) is 15.8 Å². The van der Waals surface area contributed by atoms with Crippen LogP contribution >= 0.6 is 15.9 Å². The van der Waals surface area contributed by atoms with E-state index < -0.39 is 0 Å². The third-order valence-corrected chi connectivity index (χ3v) is 4.66. The summed E-state index contributed by atoms with van der Waals surface area (Å²) in [6.45, 7) is 9.54. The zero-order valence-electron chi connectivity index (χ0n) is 12.0. The molecule has 0 aliphatic rings. The van der Waals surface area contributed by atoms with E-state index in [0.29, 0.717) is 5.92 Å². The topological polar surface area (TPSA) is 43.8 Å². The minimum atomic E-state index is 0.217. The SMILES string of the molecule is CCCCC(C)C(N)Cc1c(Br)c(C)nn1CC. The van der Waals surface area contributed by atoms with Gasteiger partial charge in [0, 0.05) is 19.0 Å². The molecule has 0 bridgehead atoms. The van der Waals surface area contributed by atoms with Gasteiger partial charge in [0.1, 0.15) is 0 Å². The lowest BCUT2D eigenvalue weighted by Gasteiger charge is -2.20. The fourth-order valence-corrected chi connectivity index (χ4v) is 2.67. The molecule has 0 saturated carbocycles. The van der Waals surface area contributed by atoms with Crippen molar-refractivity contribution in [2.24, 2.45) is 11.7 Å². The van der Waals surface area contributed by atoms with Crippen LogP contribution in [0.4, 0.5) is 0 Å². The summed E-state index contributed by atoms with van der Waals surface area (Å²) in [5.74, 6) is 0.567. The number of hydrogen-bond acceptors (Lipinski definition) is 2. The van der Waals surface area contributed by atoms with Gasteiger partial charge in [0.15, 0.2) is 0 Å². The third kappa shape index (κ3) is 3.82. The van der Waals surface area contributed by atoms with Crippen LogP contribution in [-0.2, 0) is 13.0 Å². The second kappa shape index (κ2) is 7.29. The van der Waals surface area contributed by atoms with Gasteiger partial charge in [-0.25, -0.2) is 0 Å². The van der Waals surface area contributed by atoms with Crippen LogP contribution in [0.1, 0.15) is 51.4 Å². The van der Waals surface area contributed by atoms with Crippen molar-refractivity contribution in [3.05, 3.63) is 15.9 Å². The predicted molar refractivity (Wildman–Crippen MR) is 80.7 cm³/mol. The first kappa shape index (κ1) is 15.7. The number of rotatable bonds is 7. The Labute approximate surface area is 119 Å². The monoisotopic (exact) mass is 315 g/mol. The fraction of sp³-hybridized carbons (Fsp3) is 0.786. The third-order valence-electron chi connectivity index (χ3n) is 3.63. The Bertz CT molecular complexity index is 373. The lowest BCUT2D eigenvalue weighted by molar-refractivity contribution is 0.402. The lowest BCUT2D eigenvalue weighted by atomic mass is 9.93. The van der Waals surface area contributed by atoms with Crippen molar-refractivity contribution in [2.45, 2.75) is 66.0 Å². The van der Waals surface area contributed by atoms with Crippen LogP contribution in [0, 0.1) is 12.8 Å². The molecule has 1 aromatic heterocycles. The molecule has 104 valence electrons. The van der Waals surface area contributed by atoms with E-state index in [1.165, 1.54) is 25.0 Å². The minimum absolute atomic E-state index is 0.217. The van der Waals surface area contributed by atoms with Crippen LogP contribution in [0.25, 0.3) is 0 Å². The maximum atomic E-state index is 6.33. The Morgan fingerprint density at radius 3 is 2.61 bits per heavy atom. The zero-order chi connectivity index (χ0) is 13.7. The first-order valence-corrected chi connectivity index (χ1v) is 7.77. The molecule has 2 unspecified atom stereocenters. The van der Waals surface area contributed by atoms with E-state index in [2.05, 4.69) is 46.5 Å². The number of halogens is 1. The van der Waals surface area contributed by atoms with Crippen molar-refractivity contribution in [3.8, 4) is 0 Å². The van der Waals surface area contributed by atoms with E-state index in [4.69, 9.17) is 5.73 Å². The average molecular weight is 316 g/mol. The van der Waals surface area contributed by atoms with Crippen molar-refractivity contribution < 1.29 is 0 Å². The molecule has 0 amide bonds. The number of unbranched alkanes of at least 4 members (excludes halogenated alkanes) is 1. The molecular weight excluding hydrogens is 290 g/mol. The highest BCUT2D eigenvalue weighted by atomic mass is 79.9. The van der Waals surface area contributed by atoms with E-state index in [9.17, 15) is 0 Å². The molecule has 4 heteroatoms. The van der Waals surface area contributed by atoms with E-state index in [0.717, 1.165) is 23.1 Å². The molecule has 0 aromatic carbocycles. The molecule has 0 aliphatic carbocycles. The number of nitrogens with zero attached hydrogens (tertiary/aromatic N) is 2. The largest absolute Gasteiger partial charge is 0.327 e. The summed E-state index contributed by atoms with van der Waals surface area (Å²) in [5.41, 5.74) is 8.63. The van der Waals surface area contributed by atoms with Gasteiger partial charge in [-0.1, -0.05) is 26.7 Å². The Balaban J connectivity index is 2.71. The highest BCUT2D eigenvalue weighted by Gasteiger charge is 2.19. The summed E-state index contributed by atoms with van der Waals surface area (Å²) in [4.78, 5) is 0. The Morgan fingerprint density at radius 1 is 1.39 bits per heavy atom. The Kier molecular flexibility index (Phi) is 6.36. The molecule has 1 rings (SSSR count). The normalized spacial score (nSPS) is 14.8. The smallest absolute Gasteiger partial charge is 0.0738 e. The summed E-state index contributed by atoms with van der Waals surface area (Å²) in [5, 5.41) is 4.52. The quantitative estimate of drug-likeness (QED) is 0.834. The summed E-state index contributed by atoms with van der Waals surface area (Å²) in [7, 11) is 0. The summed E-state index contributed by atoms with van der Waals surface area (Å²) in [6.07, 6.45) is 4.63. The van der Waals surface area contributed by atoms with E-state index >= 15 is 0 Å². The zero-order valence-corrected chi connectivity index (χ0v) is 13.6. The molecule has 0 spiro atoms. The van der Waals surface area contributed by atoms with Crippen LogP contribution < -0.4 is 5.73 Å². The van der Waals surface area contributed by atoms with Gasteiger partial charge in [-0.05, 0) is 42.1 Å². The predicted octanol–water partition coefficient (Wildman–Crippen LogP) is 3.67. The standard InChI is InChI=1S/C14H26BrN3/c1-5-7-8-10(3)12(16)9-13-14(15)11(4)17-18(13)6-2/h10,12H,5-9,16H2,1-4H3. The highest BCUT2D eigenvalue weighted by molar-refractivity contribution is 9.10. The molecule has 0 saturated heterocycles. The van der Waals surface area contributed by atoms with Gasteiger partial charge in [-0.15, -0.1) is 0 Å². The fourth-order valence-electron chi connectivity index (χ4n) is 2.23. The van der Waals surface area contributed by atoms with Gasteiger partial charge in [0.25, 0.3) is 0 Å². The van der Waals surface area contributed by atoms with Crippen LogP contribution in [0.2, 0.25) is 0 Å². The van der Waals surface area contributed by atoms with Crippen molar-refractivity contribution in [2.75, 3.05) is 0 Å². The van der Waals surface area contributed by atoms with Crippen LogP contribution in [0.5, 0.6) is 0 Å².